The summed E-state index contributed by atoms with van der Waals surface area (Å²) in [5.41, 5.74) is 1.82. The van der Waals surface area contributed by atoms with Crippen LogP contribution in [0, 0.1) is 0 Å². The Hall–Kier alpha value is -0.750. The summed E-state index contributed by atoms with van der Waals surface area (Å²) in [7, 11) is 0. The van der Waals surface area contributed by atoms with Crippen molar-refractivity contribution in [1.82, 2.24) is 0 Å². The SMILES string of the molecule is OC(CCS)C(O)c1cccc(N2CCOCC2)c1. The summed E-state index contributed by atoms with van der Waals surface area (Å²) in [5.74, 6) is 0.557. The molecule has 2 rings (SSSR count). The fourth-order valence-corrected chi connectivity index (χ4v) is 2.50. The second-order valence-electron chi connectivity index (χ2n) is 4.72. The molecule has 0 amide bonds. The molecule has 1 saturated heterocycles. The van der Waals surface area contributed by atoms with Crippen molar-refractivity contribution in [3.8, 4) is 0 Å². The number of aliphatic hydroxyl groups excluding tert-OH is 2. The Balaban J connectivity index is 2.09. The summed E-state index contributed by atoms with van der Waals surface area (Å²) < 4.78 is 5.33. The zero-order valence-corrected chi connectivity index (χ0v) is 11.8. The van der Waals surface area contributed by atoms with Crippen LogP contribution < -0.4 is 4.90 Å². The summed E-state index contributed by atoms with van der Waals surface area (Å²) in [4.78, 5) is 2.23. The lowest BCUT2D eigenvalue weighted by Crippen LogP contribution is -2.36. The Labute approximate surface area is 119 Å². The van der Waals surface area contributed by atoms with Gasteiger partial charge in [0.25, 0.3) is 0 Å². The monoisotopic (exact) mass is 283 g/mol. The van der Waals surface area contributed by atoms with Gasteiger partial charge in [-0.1, -0.05) is 12.1 Å². The number of ether oxygens (including phenoxy) is 1. The number of benzene rings is 1. The highest BCUT2D eigenvalue weighted by molar-refractivity contribution is 7.80. The van der Waals surface area contributed by atoms with E-state index in [9.17, 15) is 10.2 Å². The molecule has 0 aromatic heterocycles. The third-order valence-corrected chi connectivity index (χ3v) is 3.64. The van der Waals surface area contributed by atoms with E-state index in [1.54, 1.807) is 0 Å². The molecule has 106 valence electrons. The zero-order chi connectivity index (χ0) is 13.7. The van der Waals surface area contributed by atoms with Gasteiger partial charge in [0.1, 0.15) is 6.10 Å². The molecule has 2 atom stereocenters. The van der Waals surface area contributed by atoms with Crippen LogP contribution in [0.3, 0.4) is 0 Å². The third-order valence-electron chi connectivity index (χ3n) is 3.38. The first-order valence-electron chi connectivity index (χ1n) is 6.62. The molecule has 5 heteroatoms. The van der Waals surface area contributed by atoms with Gasteiger partial charge in [0.05, 0.1) is 19.3 Å². The number of hydrogen-bond donors (Lipinski definition) is 3. The van der Waals surface area contributed by atoms with Crippen molar-refractivity contribution in [3.05, 3.63) is 29.8 Å². The highest BCUT2D eigenvalue weighted by Crippen LogP contribution is 2.24. The second-order valence-corrected chi connectivity index (χ2v) is 5.17. The lowest BCUT2D eigenvalue weighted by atomic mass is 10.0. The summed E-state index contributed by atoms with van der Waals surface area (Å²) in [6.07, 6.45) is -1.14. The molecule has 2 unspecified atom stereocenters. The van der Waals surface area contributed by atoms with Crippen LogP contribution in [0.5, 0.6) is 0 Å². The van der Waals surface area contributed by atoms with Crippen LogP contribution >= 0.6 is 12.6 Å². The Morgan fingerprint density at radius 1 is 1.26 bits per heavy atom. The summed E-state index contributed by atoms with van der Waals surface area (Å²) in [5, 5.41) is 20.0. The first-order chi connectivity index (χ1) is 9.22. The fraction of sp³-hybridized carbons (Fsp3) is 0.571. The first kappa shape index (κ1) is 14.7. The van der Waals surface area contributed by atoms with Crippen LogP contribution in [-0.4, -0.2) is 48.4 Å². The van der Waals surface area contributed by atoms with E-state index in [1.807, 2.05) is 24.3 Å². The topological polar surface area (TPSA) is 52.9 Å². The number of rotatable bonds is 5. The van der Waals surface area contributed by atoms with Gasteiger partial charge in [-0.3, -0.25) is 0 Å². The van der Waals surface area contributed by atoms with Gasteiger partial charge in [-0.05, 0) is 29.9 Å². The molecule has 1 aliphatic rings. The number of anilines is 1. The largest absolute Gasteiger partial charge is 0.390 e. The molecule has 0 saturated carbocycles. The molecular weight excluding hydrogens is 262 g/mol. The molecule has 1 aromatic rings. The number of hydrogen-bond acceptors (Lipinski definition) is 5. The van der Waals surface area contributed by atoms with Crippen molar-refractivity contribution in [2.75, 3.05) is 37.0 Å². The lowest BCUT2D eigenvalue weighted by molar-refractivity contribution is 0.0172. The van der Waals surface area contributed by atoms with E-state index in [0.717, 1.165) is 37.6 Å². The molecule has 4 nitrogen and oxygen atoms in total. The predicted molar refractivity (Wildman–Crippen MR) is 78.9 cm³/mol. The zero-order valence-electron chi connectivity index (χ0n) is 10.9. The van der Waals surface area contributed by atoms with Gasteiger partial charge < -0.3 is 19.8 Å². The number of aliphatic hydroxyl groups is 2. The Kier molecular flexibility index (Phi) is 5.51. The van der Waals surface area contributed by atoms with Gasteiger partial charge in [-0.25, -0.2) is 0 Å². The van der Waals surface area contributed by atoms with Gasteiger partial charge in [0.2, 0.25) is 0 Å². The van der Waals surface area contributed by atoms with Crippen LogP contribution in [0.1, 0.15) is 18.1 Å². The maximum Gasteiger partial charge on any atom is 0.105 e. The molecule has 0 aliphatic carbocycles. The van der Waals surface area contributed by atoms with E-state index in [2.05, 4.69) is 17.5 Å². The molecule has 1 heterocycles. The normalized spacial score (nSPS) is 19.2. The van der Waals surface area contributed by atoms with Crippen LogP contribution in [0.4, 0.5) is 5.69 Å². The minimum atomic E-state index is -0.854. The van der Waals surface area contributed by atoms with E-state index < -0.39 is 12.2 Å². The van der Waals surface area contributed by atoms with Gasteiger partial charge in [0.15, 0.2) is 0 Å². The van der Waals surface area contributed by atoms with Crippen molar-refractivity contribution in [2.45, 2.75) is 18.6 Å². The van der Waals surface area contributed by atoms with Crippen molar-refractivity contribution in [2.24, 2.45) is 0 Å². The van der Waals surface area contributed by atoms with E-state index in [-0.39, 0.29) is 0 Å². The molecule has 19 heavy (non-hydrogen) atoms. The maximum atomic E-state index is 10.1. The summed E-state index contributed by atoms with van der Waals surface area (Å²) >= 11 is 4.08. The van der Waals surface area contributed by atoms with E-state index in [4.69, 9.17) is 4.74 Å². The quantitative estimate of drug-likeness (QED) is 0.712. The van der Waals surface area contributed by atoms with E-state index in [1.165, 1.54) is 0 Å². The average Bonchev–Trinajstić information content (AvgIpc) is 2.48. The van der Waals surface area contributed by atoms with Crippen molar-refractivity contribution >= 4 is 18.3 Å². The van der Waals surface area contributed by atoms with Crippen molar-refractivity contribution in [1.29, 1.82) is 0 Å². The smallest absolute Gasteiger partial charge is 0.105 e. The Morgan fingerprint density at radius 2 is 2.00 bits per heavy atom. The van der Waals surface area contributed by atoms with Gasteiger partial charge in [-0.2, -0.15) is 12.6 Å². The molecule has 1 aromatic carbocycles. The second kappa shape index (κ2) is 7.14. The number of morpholine rings is 1. The van der Waals surface area contributed by atoms with Crippen LogP contribution in [-0.2, 0) is 4.74 Å². The maximum absolute atomic E-state index is 10.1. The van der Waals surface area contributed by atoms with Crippen LogP contribution in [0.25, 0.3) is 0 Å². The number of nitrogens with zero attached hydrogens (tertiary/aromatic N) is 1. The van der Waals surface area contributed by atoms with Gasteiger partial charge in [0, 0.05) is 18.8 Å². The Morgan fingerprint density at radius 3 is 2.68 bits per heavy atom. The summed E-state index contributed by atoms with van der Waals surface area (Å²) in [6, 6.07) is 7.72. The first-order valence-corrected chi connectivity index (χ1v) is 7.25. The van der Waals surface area contributed by atoms with Gasteiger partial charge in [-0.15, -0.1) is 0 Å². The third kappa shape index (κ3) is 3.86. The molecule has 2 N–H and O–H groups in total. The molecule has 1 aliphatic heterocycles. The van der Waals surface area contributed by atoms with E-state index >= 15 is 0 Å². The predicted octanol–water partition coefficient (Wildman–Crippen LogP) is 1.24. The minimum Gasteiger partial charge on any atom is -0.390 e. The van der Waals surface area contributed by atoms with Crippen molar-refractivity contribution in [3.63, 3.8) is 0 Å². The van der Waals surface area contributed by atoms with E-state index in [0.29, 0.717) is 12.2 Å². The lowest BCUT2D eigenvalue weighted by Gasteiger charge is -2.29. The van der Waals surface area contributed by atoms with Crippen LogP contribution in [0.2, 0.25) is 0 Å². The molecule has 0 spiro atoms. The Bertz CT molecular complexity index is 396. The molecular formula is C14H21NO3S. The fourth-order valence-electron chi connectivity index (χ4n) is 2.24. The highest BCUT2D eigenvalue weighted by atomic mass is 32.1. The number of thiol groups is 1. The van der Waals surface area contributed by atoms with Gasteiger partial charge >= 0.3 is 0 Å². The standard InChI is InChI=1S/C14H21NO3S/c16-13(4-9-19)14(17)11-2-1-3-12(10-11)15-5-7-18-8-6-15/h1-3,10,13-14,16-17,19H,4-9H2. The highest BCUT2D eigenvalue weighted by Gasteiger charge is 2.19. The van der Waals surface area contributed by atoms with Crippen LogP contribution in [0.15, 0.2) is 24.3 Å². The summed E-state index contributed by atoms with van der Waals surface area (Å²) in [6.45, 7) is 3.18. The molecule has 0 bridgehead atoms. The minimum absolute atomic E-state index is 0.478. The molecule has 1 fully saturated rings. The molecule has 0 radical (unpaired) electrons. The van der Waals surface area contributed by atoms with Crippen molar-refractivity contribution < 1.29 is 14.9 Å². The average molecular weight is 283 g/mol.